The number of benzene rings is 2. The first kappa shape index (κ1) is 16.2. The highest BCUT2D eigenvalue weighted by Gasteiger charge is 2.50. The summed E-state index contributed by atoms with van der Waals surface area (Å²) in [6.07, 6.45) is 0.637. The molecular formula is C20H22N2O2. The van der Waals surface area contributed by atoms with Gasteiger partial charge in [0.15, 0.2) is 0 Å². The maximum absolute atomic E-state index is 12.8. The van der Waals surface area contributed by atoms with Crippen molar-refractivity contribution in [1.82, 2.24) is 0 Å². The Morgan fingerprint density at radius 1 is 0.875 bits per heavy atom. The molecule has 2 unspecified atom stereocenters. The van der Waals surface area contributed by atoms with Gasteiger partial charge in [-0.05, 0) is 37.6 Å². The topological polar surface area (TPSA) is 40.6 Å². The van der Waals surface area contributed by atoms with Gasteiger partial charge in [-0.1, -0.05) is 36.4 Å². The fourth-order valence-electron chi connectivity index (χ4n) is 3.04. The van der Waals surface area contributed by atoms with E-state index in [1.165, 1.54) is 0 Å². The highest BCUT2D eigenvalue weighted by molar-refractivity contribution is 6.05. The predicted octanol–water partition coefficient (Wildman–Crippen LogP) is 3.34. The Kier molecular flexibility index (Phi) is 4.65. The molecule has 0 aliphatic heterocycles. The monoisotopic (exact) mass is 322 g/mol. The van der Waals surface area contributed by atoms with Crippen molar-refractivity contribution in [3.8, 4) is 0 Å². The maximum Gasteiger partial charge on any atom is 0.230 e. The van der Waals surface area contributed by atoms with Gasteiger partial charge in [0.1, 0.15) is 0 Å². The van der Waals surface area contributed by atoms with E-state index in [1.54, 1.807) is 16.8 Å². The van der Waals surface area contributed by atoms with Crippen LogP contribution in [0.5, 0.6) is 0 Å². The van der Waals surface area contributed by atoms with Crippen LogP contribution in [0.25, 0.3) is 0 Å². The Labute approximate surface area is 142 Å². The second kappa shape index (κ2) is 6.87. The van der Waals surface area contributed by atoms with E-state index in [-0.39, 0.29) is 23.7 Å². The van der Waals surface area contributed by atoms with Crippen LogP contribution < -0.4 is 9.80 Å². The van der Waals surface area contributed by atoms with Gasteiger partial charge in [0, 0.05) is 25.0 Å². The molecule has 1 fully saturated rings. The number of carbonyl (C=O) groups excluding carboxylic acids is 2. The van der Waals surface area contributed by atoms with Gasteiger partial charge in [-0.25, -0.2) is 0 Å². The summed E-state index contributed by atoms with van der Waals surface area (Å²) >= 11 is 0. The minimum Gasteiger partial charge on any atom is -0.315 e. The summed E-state index contributed by atoms with van der Waals surface area (Å²) in [5.41, 5.74) is 1.75. The molecule has 0 bridgehead atoms. The second-order valence-corrected chi connectivity index (χ2v) is 6.10. The first-order valence-corrected chi connectivity index (χ1v) is 8.32. The van der Waals surface area contributed by atoms with Crippen molar-refractivity contribution in [3.05, 3.63) is 60.7 Å². The summed E-state index contributed by atoms with van der Waals surface area (Å²) in [5, 5.41) is 0. The summed E-state index contributed by atoms with van der Waals surface area (Å²) in [5.74, 6) is -0.350. The highest BCUT2D eigenvalue weighted by Crippen LogP contribution is 2.42. The smallest absolute Gasteiger partial charge is 0.230 e. The fourth-order valence-corrected chi connectivity index (χ4v) is 3.04. The number of hydrogen-bond donors (Lipinski definition) is 0. The summed E-state index contributed by atoms with van der Waals surface area (Å²) in [7, 11) is 1.77. The van der Waals surface area contributed by atoms with Crippen molar-refractivity contribution in [1.29, 1.82) is 0 Å². The van der Waals surface area contributed by atoms with Crippen LogP contribution in [0, 0.1) is 11.8 Å². The third-order valence-electron chi connectivity index (χ3n) is 4.55. The summed E-state index contributed by atoms with van der Waals surface area (Å²) in [6.45, 7) is 2.56. The van der Waals surface area contributed by atoms with Crippen molar-refractivity contribution in [2.24, 2.45) is 11.8 Å². The van der Waals surface area contributed by atoms with E-state index in [1.807, 2.05) is 67.6 Å². The van der Waals surface area contributed by atoms with Crippen LogP contribution in [0.2, 0.25) is 0 Å². The van der Waals surface area contributed by atoms with Crippen molar-refractivity contribution in [2.45, 2.75) is 13.3 Å². The van der Waals surface area contributed by atoms with Crippen LogP contribution in [-0.2, 0) is 9.59 Å². The number of rotatable bonds is 5. The highest BCUT2D eigenvalue weighted by atomic mass is 16.2. The summed E-state index contributed by atoms with van der Waals surface area (Å²) < 4.78 is 0. The molecule has 0 aromatic heterocycles. The number of para-hydroxylation sites is 2. The average Bonchev–Trinajstić information content (AvgIpc) is 3.43. The second-order valence-electron chi connectivity index (χ2n) is 6.10. The SMILES string of the molecule is CCN(C(=O)C1CC1C(=O)N(C)c1ccccc1)c1ccccc1. The van der Waals surface area contributed by atoms with E-state index < -0.39 is 0 Å². The molecule has 0 saturated heterocycles. The van der Waals surface area contributed by atoms with Gasteiger partial charge in [-0.15, -0.1) is 0 Å². The van der Waals surface area contributed by atoms with Crippen LogP contribution in [0.4, 0.5) is 11.4 Å². The lowest BCUT2D eigenvalue weighted by molar-refractivity contribution is -0.124. The van der Waals surface area contributed by atoms with Gasteiger partial charge in [0.05, 0.1) is 11.8 Å². The normalized spacial score (nSPS) is 18.8. The zero-order chi connectivity index (χ0) is 17.1. The largest absolute Gasteiger partial charge is 0.315 e. The molecule has 0 spiro atoms. The first-order valence-electron chi connectivity index (χ1n) is 8.32. The molecule has 2 amide bonds. The average molecular weight is 322 g/mol. The van der Waals surface area contributed by atoms with E-state index in [0.29, 0.717) is 13.0 Å². The molecule has 2 aromatic carbocycles. The fraction of sp³-hybridized carbons (Fsp3) is 0.300. The third kappa shape index (κ3) is 3.18. The molecule has 1 aliphatic carbocycles. The number of nitrogens with zero attached hydrogens (tertiary/aromatic N) is 2. The van der Waals surface area contributed by atoms with E-state index in [9.17, 15) is 9.59 Å². The molecule has 4 nitrogen and oxygen atoms in total. The Hall–Kier alpha value is -2.62. The molecule has 2 atom stereocenters. The quantitative estimate of drug-likeness (QED) is 0.847. The molecule has 124 valence electrons. The molecular weight excluding hydrogens is 300 g/mol. The number of carbonyl (C=O) groups is 2. The van der Waals surface area contributed by atoms with Gasteiger partial charge >= 0.3 is 0 Å². The maximum atomic E-state index is 12.8. The Bertz CT molecular complexity index is 715. The molecule has 3 rings (SSSR count). The van der Waals surface area contributed by atoms with E-state index in [2.05, 4.69) is 0 Å². The Balaban J connectivity index is 1.68. The van der Waals surface area contributed by atoms with Crippen molar-refractivity contribution in [3.63, 3.8) is 0 Å². The Morgan fingerprint density at radius 2 is 1.38 bits per heavy atom. The van der Waals surface area contributed by atoms with Gasteiger partial charge in [0.2, 0.25) is 11.8 Å². The lowest BCUT2D eigenvalue weighted by Gasteiger charge is -2.22. The molecule has 1 aliphatic rings. The molecule has 0 N–H and O–H groups in total. The van der Waals surface area contributed by atoms with E-state index in [0.717, 1.165) is 11.4 Å². The van der Waals surface area contributed by atoms with Gasteiger partial charge in [-0.3, -0.25) is 9.59 Å². The molecule has 0 heterocycles. The summed E-state index contributed by atoms with van der Waals surface area (Å²) in [4.78, 5) is 28.8. The first-order chi connectivity index (χ1) is 11.6. The summed E-state index contributed by atoms with van der Waals surface area (Å²) in [6, 6.07) is 19.2. The van der Waals surface area contributed by atoms with Crippen LogP contribution >= 0.6 is 0 Å². The van der Waals surface area contributed by atoms with Gasteiger partial charge in [-0.2, -0.15) is 0 Å². The van der Waals surface area contributed by atoms with Crippen LogP contribution in [-0.4, -0.2) is 25.4 Å². The lowest BCUT2D eigenvalue weighted by Crippen LogP contribution is -2.35. The van der Waals surface area contributed by atoms with Crippen molar-refractivity contribution >= 4 is 23.2 Å². The number of hydrogen-bond acceptors (Lipinski definition) is 2. The molecule has 0 radical (unpaired) electrons. The van der Waals surface area contributed by atoms with Crippen molar-refractivity contribution in [2.75, 3.05) is 23.4 Å². The standard InChI is InChI=1S/C20H22N2O2/c1-3-22(16-12-8-5-9-13-16)20(24)18-14-17(18)19(23)21(2)15-10-6-4-7-11-15/h4-13,17-18H,3,14H2,1-2H3. The molecule has 1 saturated carbocycles. The van der Waals surface area contributed by atoms with Crippen molar-refractivity contribution < 1.29 is 9.59 Å². The number of amides is 2. The molecule has 4 heteroatoms. The number of anilines is 2. The molecule has 24 heavy (non-hydrogen) atoms. The molecule has 2 aromatic rings. The predicted molar refractivity (Wildman–Crippen MR) is 95.9 cm³/mol. The van der Waals surface area contributed by atoms with Gasteiger partial charge in [0.25, 0.3) is 0 Å². The van der Waals surface area contributed by atoms with E-state index in [4.69, 9.17) is 0 Å². The van der Waals surface area contributed by atoms with Crippen LogP contribution in [0.3, 0.4) is 0 Å². The third-order valence-corrected chi connectivity index (χ3v) is 4.55. The zero-order valence-corrected chi connectivity index (χ0v) is 14.1. The van der Waals surface area contributed by atoms with E-state index >= 15 is 0 Å². The van der Waals surface area contributed by atoms with Gasteiger partial charge < -0.3 is 9.80 Å². The lowest BCUT2D eigenvalue weighted by atomic mass is 10.2. The zero-order valence-electron chi connectivity index (χ0n) is 14.1. The van der Waals surface area contributed by atoms with Crippen LogP contribution in [0.1, 0.15) is 13.3 Å². The Morgan fingerprint density at radius 3 is 1.92 bits per heavy atom. The minimum absolute atomic E-state index is 0.0173. The minimum atomic E-state index is -0.208. The van der Waals surface area contributed by atoms with Crippen LogP contribution in [0.15, 0.2) is 60.7 Å².